The van der Waals surface area contributed by atoms with Gasteiger partial charge in [0.15, 0.2) is 0 Å². The van der Waals surface area contributed by atoms with Crippen LogP contribution in [0, 0.1) is 11.7 Å². The number of ether oxygens (including phenoxy) is 1. The fraction of sp³-hybridized carbons (Fsp3) is 0.471. The van der Waals surface area contributed by atoms with E-state index in [9.17, 15) is 9.18 Å². The van der Waals surface area contributed by atoms with E-state index < -0.39 is 5.60 Å². The highest BCUT2D eigenvalue weighted by Gasteiger charge is 2.51. The van der Waals surface area contributed by atoms with E-state index in [1.165, 1.54) is 6.07 Å². The lowest BCUT2D eigenvalue weighted by Gasteiger charge is -2.39. The van der Waals surface area contributed by atoms with Crippen LogP contribution in [0.15, 0.2) is 30.4 Å². The van der Waals surface area contributed by atoms with Crippen molar-refractivity contribution in [2.45, 2.75) is 44.6 Å². The Labute approximate surface area is 118 Å². The van der Waals surface area contributed by atoms with Gasteiger partial charge in [-0.05, 0) is 56.7 Å². The molecule has 2 aliphatic carbocycles. The number of aryl methyl sites for hydroxylation is 1. The molecule has 1 saturated carbocycles. The first-order valence-corrected chi connectivity index (χ1v) is 7.21. The minimum atomic E-state index is -0.633. The molecule has 0 N–H and O–H groups in total. The van der Waals surface area contributed by atoms with Crippen LogP contribution in [0.4, 0.5) is 4.39 Å². The van der Waals surface area contributed by atoms with Gasteiger partial charge in [-0.1, -0.05) is 12.6 Å². The number of halogens is 1. The van der Waals surface area contributed by atoms with Gasteiger partial charge in [0.05, 0.1) is 0 Å². The first-order valence-electron chi connectivity index (χ1n) is 7.21. The van der Waals surface area contributed by atoms with E-state index in [0.717, 1.165) is 43.2 Å². The Morgan fingerprint density at radius 2 is 2.20 bits per heavy atom. The zero-order valence-electron chi connectivity index (χ0n) is 11.7. The molecular weight excluding hydrogens is 255 g/mol. The molecule has 3 heteroatoms. The van der Waals surface area contributed by atoms with Gasteiger partial charge in [-0.25, -0.2) is 9.18 Å². The number of esters is 1. The number of carbonyl (C=O) groups excluding carboxylic acids is 1. The topological polar surface area (TPSA) is 26.3 Å². The molecule has 0 aromatic heterocycles. The average molecular weight is 274 g/mol. The molecule has 0 heterocycles. The summed E-state index contributed by atoms with van der Waals surface area (Å²) in [7, 11) is 0. The van der Waals surface area contributed by atoms with Crippen LogP contribution in [0.3, 0.4) is 0 Å². The van der Waals surface area contributed by atoms with E-state index in [4.69, 9.17) is 4.74 Å². The molecular formula is C17H19FO2. The highest BCUT2D eigenvalue weighted by atomic mass is 19.1. The number of fused-ring (bicyclic) bond motifs is 1. The molecule has 1 aromatic carbocycles. The maximum atomic E-state index is 13.7. The Morgan fingerprint density at radius 3 is 2.85 bits per heavy atom. The van der Waals surface area contributed by atoms with Crippen molar-refractivity contribution in [2.24, 2.45) is 5.92 Å². The van der Waals surface area contributed by atoms with Crippen LogP contribution >= 0.6 is 0 Å². The highest BCUT2D eigenvalue weighted by Crippen LogP contribution is 2.54. The first kappa shape index (κ1) is 13.3. The monoisotopic (exact) mass is 274 g/mol. The molecule has 0 saturated heterocycles. The number of rotatable bonds is 3. The van der Waals surface area contributed by atoms with Crippen molar-refractivity contribution in [3.05, 3.63) is 47.3 Å². The molecule has 1 aromatic rings. The van der Waals surface area contributed by atoms with Gasteiger partial charge in [0.2, 0.25) is 0 Å². The molecule has 106 valence electrons. The highest BCUT2D eigenvalue weighted by molar-refractivity contribution is 5.87. The summed E-state index contributed by atoms with van der Waals surface area (Å²) in [6.45, 7) is 5.31. The van der Waals surface area contributed by atoms with Crippen molar-refractivity contribution in [3.8, 4) is 0 Å². The van der Waals surface area contributed by atoms with E-state index in [1.54, 1.807) is 13.0 Å². The van der Waals surface area contributed by atoms with E-state index in [1.807, 2.05) is 6.07 Å². The molecule has 0 bridgehead atoms. The van der Waals surface area contributed by atoms with Crippen LogP contribution < -0.4 is 0 Å². The van der Waals surface area contributed by atoms with Gasteiger partial charge in [0.1, 0.15) is 11.4 Å². The minimum absolute atomic E-state index is 0.262. The molecule has 1 fully saturated rings. The predicted octanol–water partition coefficient (Wildman–Crippen LogP) is 3.89. The summed E-state index contributed by atoms with van der Waals surface area (Å²) >= 11 is 0. The second kappa shape index (κ2) is 4.72. The zero-order chi connectivity index (χ0) is 14.3. The zero-order valence-corrected chi connectivity index (χ0v) is 11.7. The normalized spacial score (nSPS) is 24.9. The van der Waals surface area contributed by atoms with Crippen molar-refractivity contribution < 1.29 is 13.9 Å². The van der Waals surface area contributed by atoms with Gasteiger partial charge < -0.3 is 4.74 Å². The van der Waals surface area contributed by atoms with E-state index >= 15 is 0 Å². The maximum Gasteiger partial charge on any atom is 0.334 e. The molecule has 1 unspecified atom stereocenters. The van der Waals surface area contributed by atoms with Gasteiger partial charge in [-0.2, -0.15) is 0 Å². The van der Waals surface area contributed by atoms with E-state index in [0.29, 0.717) is 11.5 Å². The quantitative estimate of drug-likeness (QED) is 0.617. The Hall–Kier alpha value is -1.64. The lowest BCUT2D eigenvalue weighted by Crippen LogP contribution is -2.38. The van der Waals surface area contributed by atoms with Crippen molar-refractivity contribution >= 4 is 5.97 Å². The van der Waals surface area contributed by atoms with Gasteiger partial charge in [0.25, 0.3) is 0 Å². The summed E-state index contributed by atoms with van der Waals surface area (Å²) in [5.74, 6) is -0.303. The van der Waals surface area contributed by atoms with Crippen LogP contribution in [-0.2, 0) is 21.6 Å². The second-order valence-corrected chi connectivity index (χ2v) is 5.99. The van der Waals surface area contributed by atoms with Crippen molar-refractivity contribution in [1.82, 2.24) is 0 Å². The molecule has 3 rings (SSSR count). The Morgan fingerprint density at radius 1 is 1.45 bits per heavy atom. The van der Waals surface area contributed by atoms with Gasteiger partial charge in [-0.3, -0.25) is 0 Å². The molecule has 1 atom stereocenters. The van der Waals surface area contributed by atoms with Crippen LogP contribution in [0.25, 0.3) is 0 Å². The van der Waals surface area contributed by atoms with Gasteiger partial charge in [-0.15, -0.1) is 0 Å². The Bertz CT molecular complexity index is 574. The molecule has 2 nitrogen and oxygen atoms in total. The molecule has 0 amide bonds. The molecule has 0 radical (unpaired) electrons. The van der Waals surface area contributed by atoms with Gasteiger partial charge in [0, 0.05) is 17.1 Å². The number of hydrogen-bond donors (Lipinski definition) is 0. The standard InChI is InChI=1S/C17H19FO2/c1-11(2)16(19)20-17(13-6-7-13)9-3-4-12-5-8-14(18)10-15(12)17/h5,8,10,13H,1,3-4,6-7,9H2,2H3. The van der Waals surface area contributed by atoms with Crippen LogP contribution in [-0.4, -0.2) is 5.97 Å². The van der Waals surface area contributed by atoms with Crippen LogP contribution in [0.5, 0.6) is 0 Å². The third-order valence-electron chi connectivity index (χ3n) is 4.38. The minimum Gasteiger partial charge on any atom is -0.451 e. The number of hydrogen-bond acceptors (Lipinski definition) is 2. The van der Waals surface area contributed by atoms with Crippen molar-refractivity contribution in [1.29, 1.82) is 0 Å². The number of carbonyl (C=O) groups is 1. The smallest absolute Gasteiger partial charge is 0.334 e. The fourth-order valence-corrected chi connectivity index (χ4v) is 3.25. The lowest BCUT2D eigenvalue weighted by molar-refractivity contribution is -0.161. The van der Waals surface area contributed by atoms with E-state index in [2.05, 4.69) is 6.58 Å². The molecule has 20 heavy (non-hydrogen) atoms. The SMILES string of the molecule is C=C(C)C(=O)OC1(C2CC2)CCCc2ccc(F)cc21. The van der Waals surface area contributed by atoms with Crippen LogP contribution in [0.1, 0.15) is 43.7 Å². The molecule has 0 spiro atoms. The Kier molecular flexibility index (Phi) is 3.15. The Balaban J connectivity index is 2.06. The first-order chi connectivity index (χ1) is 9.53. The number of benzene rings is 1. The molecule has 2 aliphatic rings. The average Bonchev–Trinajstić information content (AvgIpc) is 3.24. The van der Waals surface area contributed by atoms with Crippen LogP contribution in [0.2, 0.25) is 0 Å². The summed E-state index contributed by atoms with van der Waals surface area (Å²) in [5.41, 5.74) is 1.75. The lowest BCUT2D eigenvalue weighted by atomic mass is 9.75. The summed E-state index contributed by atoms with van der Waals surface area (Å²) < 4.78 is 19.5. The fourth-order valence-electron chi connectivity index (χ4n) is 3.25. The third-order valence-corrected chi connectivity index (χ3v) is 4.38. The summed E-state index contributed by atoms with van der Waals surface area (Å²) in [6.07, 6.45) is 4.76. The van der Waals surface area contributed by atoms with E-state index in [-0.39, 0.29) is 11.8 Å². The maximum absolute atomic E-state index is 13.7. The summed E-state index contributed by atoms with van der Waals surface area (Å²) in [5, 5.41) is 0. The summed E-state index contributed by atoms with van der Waals surface area (Å²) in [6, 6.07) is 4.87. The van der Waals surface area contributed by atoms with Gasteiger partial charge >= 0.3 is 5.97 Å². The largest absolute Gasteiger partial charge is 0.451 e. The second-order valence-electron chi connectivity index (χ2n) is 5.99. The third kappa shape index (κ3) is 2.15. The van der Waals surface area contributed by atoms with Crippen molar-refractivity contribution in [3.63, 3.8) is 0 Å². The van der Waals surface area contributed by atoms with Crippen molar-refractivity contribution in [2.75, 3.05) is 0 Å². The summed E-state index contributed by atoms with van der Waals surface area (Å²) in [4.78, 5) is 12.0. The molecule has 0 aliphatic heterocycles. The predicted molar refractivity (Wildman–Crippen MR) is 74.6 cm³/mol.